The molecule has 0 aliphatic carbocycles. The Morgan fingerprint density at radius 2 is 1.95 bits per heavy atom. The van der Waals surface area contributed by atoms with E-state index in [1.165, 1.54) is 6.07 Å². The Balaban J connectivity index is 2.12. The van der Waals surface area contributed by atoms with Gasteiger partial charge in [0.2, 0.25) is 0 Å². The van der Waals surface area contributed by atoms with Crippen molar-refractivity contribution in [3.63, 3.8) is 0 Å². The van der Waals surface area contributed by atoms with Gasteiger partial charge in [-0.1, -0.05) is 30.3 Å². The maximum Gasteiger partial charge on any atom is 0.126 e. The maximum absolute atomic E-state index is 13.7. The monoisotopic (exact) mass is 269 g/mol. The quantitative estimate of drug-likeness (QED) is 0.777. The Morgan fingerprint density at radius 3 is 2.70 bits per heavy atom. The molecule has 0 bridgehead atoms. The van der Waals surface area contributed by atoms with Gasteiger partial charge >= 0.3 is 0 Å². The number of nitrogens with zero attached hydrogens (tertiary/aromatic N) is 2. The van der Waals surface area contributed by atoms with Crippen LogP contribution in [0.1, 0.15) is 22.9 Å². The Bertz CT molecular complexity index is 776. The van der Waals surface area contributed by atoms with E-state index in [2.05, 4.69) is 5.10 Å². The van der Waals surface area contributed by atoms with Crippen LogP contribution in [0.25, 0.3) is 10.9 Å². The van der Waals surface area contributed by atoms with E-state index < -0.39 is 6.04 Å². The first-order chi connectivity index (χ1) is 9.58. The highest BCUT2D eigenvalue weighted by Crippen LogP contribution is 2.27. The smallest absolute Gasteiger partial charge is 0.126 e. The molecule has 0 spiro atoms. The highest BCUT2D eigenvalue weighted by Gasteiger charge is 2.17. The zero-order chi connectivity index (χ0) is 14.3. The first-order valence-corrected chi connectivity index (χ1v) is 6.51. The third-order valence-electron chi connectivity index (χ3n) is 3.64. The van der Waals surface area contributed by atoms with Crippen LogP contribution in [0.5, 0.6) is 0 Å². The Hall–Kier alpha value is -2.20. The molecule has 3 nitrogen and oxygen atoms in total. The zero-order valence-corrected chi connectivity index (χ0v) is 11.5. The molecule has 102 valence electrons. The average molecular weight is 269 g/mol. The zero-order valence-electron chi connectivity index (χ0n) is 11.5. The lowest BCUT2D eigenvalue weighted by Crippen LogP contribution is -2.13. The van der Waals surface area contributed by atoms with Crippen LogP contribution in [0.2, 0.25) is 0 Å². The molecule has 2 aromatic carbocycles. The van der Waals surface area contributed by atoms with Crippen LogP contribution in [0, 0.1) is 12.7 Å². The highest BCUT2D eigenvalue weighted by atomic mass is 19.1. The molecule has 0 aliphatic heterocycles. The summed E-state index contributed by atoms with van der Waals surface area (Å²) in [5.74, 6) is -0.238. The number of benzene rings is 2. The van der Waals surface area contributed by atoms with Gasteiger partial charge in [-0.25, -0.2) is 4.39 Å². The van der Waals surface area contributed by atoms with Crippen LogP contribution in [-0.2, 0) is 7.05 Å². The summed E-state index contributed by atoms with van der Waals surface area (Å²) in [5.41, 5.74) is 9.41. The molecule has 0 radical (unpaired) electrons. The fourth-order valence-corrected chi connectivity index (χ4v) is 2.43. The van der Waals surface area contributed by atoms with Gasteiger partial charge in [0.25, 0.3) is 0 Å². The number of para-hydroxylation sites is 1. The van der Waals surface area contributed by atoms with Crippen LogP contribution in [0.15, 0.2) is 42.5 Å². The van der Waals surface area contributed by atoms with Crippen LogP contribution in [0.4, 0.5) is 4.39 Å². The van der Waals surface area contributed by atoms with E-state index in [-0.39, 0.29) is 5.82 Å². The minimum Gasteiger partial charge on any atom is -0.319 e. The van der Waals surface area contributed by atoms with Crippen molar-refractivity contribution in [1.82, 2.24) is 9.78 Å². The summed E-state index contributed by atoms with van der Waals surface area (Å²) in [4.78, 5) is 0. The first-order valence-electron chi connectivity index (χ1n) is 6.51. The van der Waals surface area contributed by atoms with E-state index in [1.807, 2.05) is 37.4 Å². The molecule has 0 fully saturated rings. The van der Waals surface area contributed by atoms with Crippen molar-refractivity contribution in [2.45, 2.75) is 13.0 Å². The minimum absolute atomic E-state index is 0.238. The summed E-state index contributed by atoms with van der Waals surface area (Å²) in [6.07, 6.45) is 0. The molecule has 3 aromatic rings. The maximum atomic E-state index is 13.7. The lowest BCUT2D eigenvalue weighted by atomic mass is 10.0. The number of halogens is 1. The standard InChI is InChI=1S/C16H16FN3/c1-10-7-8-11(9-13(10)17)15(18)16-12-5-3-4-6-14(12)20(2)19-16/h3-9,15H,18H2,1-2H3. The van der Waals surface area contributed by atoms with Crippen LogP contribution in [0.3, 0.4) is 0 Å². The fourth-order valence-electron chi connectivity index (χ4n) is 2.43. The van der Waals surface area contributed by atoms with Gasteiger partial charge in [0.15, 0.2) is 0 Å². The molecule has 1 aromatic heterocycles. The minimum atomic E-state index is -0.434. The molecule has 0 saturated carbocycles. The largest absolute Gasteiger partial charge is 0.319 e. The molecule has 0 aliphatic rings. The summed E-state index contributed by atoms with van der Waals surface area (Å²) >= 11 is 0. The summed E-state index contributed by atoms with van der Waals surface area (Å²) in [5, 5.41) is 5.49. The summed E-state index contributed by atoms with van der Waals surface area (Å²) in [6, 6.07) is 12.6. The second-order valence-electron chi connectivity index (χ2n) is 5.01. The topological polar surface area (TPSA) is 43.8 Å². The summed E-state index contributed by atoms with van der Waals surface area (Å²) < 4.78 is 15.5. The molecule has 4 heteroatoms. The van der Waals surface area contributed by atoms with E-state index in [9.17, 15) is 4.39 Å². The molecule has 0 amide bonds. The third kappa shape index (κ3) is 1.98. The Labute approximate surface area is 116 Å². The number of nitrogens with two attached hydrogens (primary N) is 1. The van der Waals surface area contributed by atoms with Gasteiger partial charge in [-0.2, -0.15) is 5.10 Å². The number of fused-ring (bicyclic) bond motifs is 1. The lowest BCUT2D eigenvalue weighted by Gasteiger charge is -2.11. The molecule has 1 unspecified atom stereocenters. The van der Waals surface area contributed by atoms with Crippen molar-refractivity contribution in [1.29, 1.82) is 0 Å². The molecule has 1 heterocycles. The Kier molecular flexibility index (Phi) is 3.03. The van der Waals surface area contributed by atoms with Crippen molar-refractivity contribution in [3.8, 4) is 0 Å². The second-order valence-corrected chi connectivity index (χ2v) is 5.01. The van der Waals surface area contributed by atoms with Crippen molar-refractivity contribution in [2.75, 3.05) is 0 Å². The fraction of sp³-hybridized carbons (Fsp3) is 0.188. The normalized spacial score (nSPS) is 12.8. The van der Waals surface area contributed by atoms with Crippen molar-refractivity contribution >= 4 is 10.9 Å². The van der Waals surface area contributed by atoms with Gasteiger partial charge in [0.1, 0.15) is 5.82 Å². The van der Waals surface area contributed by atoms with E-state index in [0.717, 1.165) is 22.2 Å². The summed E-state index contributed by atoms with van der Waals surface area (Å²) in [7, 11) is 1.88. The molecule has 20 heavy (non-hydrogen) atoms. The van der Waals surface area contributed by atoms with Gasteiger partial charge in [0, 0.05) is 12.4 Å². The van der Waals surface area contributed by atoms with Crippen LogP contribution in [-0.4, -0.2) is 9.78 Å². The first kappa shape index (κ1) is 12.8. The van der Waals surface area contributed by atoms with E-state index >= 15 is 0 Å². The van der Waals surface area contributed by atoms with Crippen molar-refractivity contribution in [2.24, 2.45) is 12.8 Å². The third-order valence-corrected chi connectivity index (χ3v) is 3.64. The van der Waals surface area contributed by atoms with Crippen LogP contribution < -0.4 is 5.73 Å². The van der Waals surface area contributed by atoms with Crippen molar-refractivity contribution in [3.05, 3.63) is 65.1 Å². The summed E-state index contributed by atoms with van der Waals surface area (Å²) in [6.45, 7) is 1.74. The van der Waals surface area contributed by atoms with E-state index in [4.69, 9.17) is 5.73 Å². The van der Waals surface area contributed by atoms with Gasteiger partial charge in [-0.3, -0.25) is 4.68 Å². The highest BCUT2D eigenvalue weighted by molar-refractivity contribution is 5.82. The molecule has 2 N–H and O–H groups in total. The van der Waals surface area contributed by atoms with E-state index in [0.29, 0.717) is 5.56 Å². The molecule has 1 atom stereocenters. The lowest BCUT2D eigenvalue weighted by molar-refractivity contribution is 0.613. The number of hydrogen-bond acceptors (Lipinski definition) is 2. The van der Waals surface area contributed by atoms with Crippen molar-refractivity contribution < 1.29 is 4.39 Å². The average Bonchev–Trinajstić information content (AvgIpc) is 2.79. The predicted octanol–water partition coefficient (Wildman–Crippen LogP) is 3.07. The Morgan fingerprint density at radius 1 is 1.20 bits per heavy atom. The predicted molar refractivity (Wildman–Crippen MR) is 77.9 cm³/mol. The van der Waals surface area contributed by atoms with E-state index in [1.54, 1.807) is 17.7 Å². The van der Waals surface area contributed by atoms with Gasteiger partial charge in [-0.15, -0.1) is 0 Å². The van der Waals surface area contributed by atoms with Gasteiger partial charge in [0.05, 0.1) is 17.3 Å². The second kappa shape index (κ2) is 4.72. The molecule has 3 rings (SSSR count). The van der Waals surface area contributed by atoms with Gasteiger partial charge < -0.3 is 5.73 Å². The molecular formula is C16H16FN3. The number of aryl methyl sites for hydroxylation is 2. The number of hydrogen-bond donors (Lipinski definition) is 1. The van der Waals surface area contributed by atoms with Crippen LogP contribution >= 0.6 is 0 Å². The SMILES string of the molecule is Cc1ccc(C(N)c2nn(C)c3ccccc23)cc1F. The number of rotatable bonds is 2. The van der Waals surface area contributed by atoms with Gasteiger partial charge in [-0.05, 0) is 30.2 Å². The molecule has 0 saturated heterocycles. The molecular weight excluding hydrogens is 253 g/mol. The number of aromatic nitrogens is 2.